The van der Waals surface area contributed by atoms with Gasteiger partial charge in [0.2, 0.25) is 0 Å². The molecule has 10 heavy (non-hydrogen) atoms. The van der Waals surface area contributed by atoms with Gasteiger partial charge in [-0.2, -0.15) is 0 Å². The predicted molar refractivity (Wildman–Crippen MR) is 43.7 cm³/mol. The minimum absolute atomic E-state index is 0.908. The molecule has 0 radical (unpaired) electrons. The number of allylic oxidation sites excluding steroid dienone is 3. The van der Waals surface area contributed by atoms with Gasteiger partial charge in [0.05, 0.1) is 0 Å². The Bertz CT molecular complexity index is 176. The van der Waals surface area contributed by atoms with Crippen LogP contribution in [0.3, 0.4) is 0 Å². The lowest BCUT2D eigenvalue weighted by atomic mass is 9.79. The highest BCUT2D eigenvalue weighted by atomic mass is 14.3. The van der Waals surface area contributed by atoms with Gasteiger partial charge >= 0.3 is 0 Å². The molecule has 2 unspecified atom stereocenters. The van der Waals surface area contributed by atoms with Crippen molar-refractivity contribution in [3.8, 4) is 0 Å². The lowest BCUT2D eigenvalue weighted by molar-refractivity contribution is 0.356. The molecule has 54 valence electrons. The molecule has 2 rings (SSSR count). The monoisotopic (exact) mass is 134 g/mol. The van der Waals surface area contributed by atoms with E-state index in [1.807, 2.05) is 0 Å². The van der Waals surface area contributed by atoms with E-state index >= 15 is 0 Å². The number of rotatable bonds is 0. The first kappa shape index (κ1) is 6.21. The van der Waals surface area contributed by atoms with Crippen LogP contribution >= 0.6 is 0 Å². The van der Waals surface area contributed by atoms with Crippen molar-refractivity contribution in [2.75, 3.05) is 0 Å². The van der Waals surface area contributed by atoms with Gasteiger partial charge in [-0.1, -0.05) is 24.3 Å². The Kier molecular flexibility index (Phi) is 1.40. The molecule has 0 nitrogen and oxygen atoms in total. The van der Waals surface area contributed by atoms with Crippen LogP contribution in [0.4, 0.5) is 0 Å². The summed E-state index contributed by atoms with van der Waals surface area (Å²) in [5.41, 5.74) is 1.48. The van der Waals surface area contributed by atoms with Crippen molar-refractivity contribution in [3.63, 3.8) is 0 Å². The van der Waals surface area contributed by atoms with Crippen molar-refractivity contribution in [2.24, 2.45) is 11.8 Å². The Labute approximate surface area is 62.6 Å². The second-order valence-corrected chi connectivity index (χ2v) is 3.58. The maximum Gasteiger partial charge on any atom is -0.0196 e. The summed E-state index contributed by atoms with van der Waals surface area (Å²) in [6.07, 6.45) is 9.97. The van der Waals surface area contributed by atoms with Crippen LogP contribution in [0.2, 0.25) is 0 Å². The van der Waals surface area contributed by atoms with E-state index in [1.54, 1.807) is 0 Å². The third kappa shape index (κ3) is 0.920. The predicted octanol–water partition coefficient (Wildman–Crippen LogP) is 2.92. The molecule has 0 aromatic heterocycles. The van der Waals surface area contributed by atoms with Crippen LogP contribution in [0.5, 0.6) is 0 Å². The molecule has 0 saturated heterocycles. The van der Waals surface area contributed by atoms with Gasteiger partial charge in [-0.05, 0) is 37.5 Å². The fourth-order valence-corrected chi connectivity index (χ4v) is 2.17. The largest absolute Gasteiger partial charge is 0.0999 e. The van der Waals surface area contributed by atoms with E-state index in [0.29, 0.717) is 0 Å². The molecule has 0 amide bonds. The highest BCUT2D eigenvalue weighted by molar-refractivity contribution is 5.11. The van der Waals surface area contributed by atoms with E-state index in [4.69, 9.17) is 0 Å². The SMILES string of the molecule is C=C1CCC2C=CCC2C1. The maximum absolute atomic E-state index is 4.05. The van der Waals surface area contributed by atoms with E-state index in [2.05, 4.69) is 18.7 Å². The number of hydrogen-bond acceptors (Lipinski definition) is 0. The Hall–Kier alpha value is -0.520. The van der Waals surface area contributed by atoms with Crippen LogP contribution in [0.25, 0.3) is 0 Å². The Morgan fingerprint density at radius 1 is 1.50 bits per heavy atom. The van der Waals surface area contributed by atoms with Crippen molar-refractivity contribution in [1.82, 2.24) is 0 Å². The lowest BCUT2D eigenvalue weighted by Gasteiger charge is -2.26. The second-order valence-electron chi connectivity index (χ2n) is 3.58. The summed E-state index contributed by atoms with van der Waals surface area (Å²) in [6.45, 7) is 4.05. The fraction of sp³-hybridized carbons (Fsp3) is 0.600. The molecule has 0 spiro atoms. The van der Waals surface area contributed by atoms with E-state index in [-0.39, 0.29) is 0 Å². The fourth-order valence-electron chi connectivity index (χ4n) is 2.17. The Morgan fingerprint density at radius 2 is 2.40 bits per heavy atom. The zero-order chi connectivity index (χ0) is 6.97. The van der Waals surface area contributed by atoms with Gasteiger partial charge in [-0.15, -0.1) is 0 Å². The molecule has 0 aliphatic heterocycles. The number of fused-ring (bicyclic) bond motifs is 1. The first-order chi connectivity index (χ1) is 4.86. The van der Waals surface area contributed by atoms with Gasteiger partial charge in [0.25, 0.3) is 0 Å². The van der Waals surface area contributed by atoms with Crippen LogP contribution in [-0.4, -0.2) is 0 Å². The number of hydrogen-bond donors (Lipinski definition) is 0. The van der Waals surface area contributed by atoms with Gasteiger partial charge in [0.1, 0.15) is 0 Å². The molecular weight excluding hydrogens is 120 g/mol. The minimum Gasteiger partial charge on any atom is -0.0999 e. The quantitative estimate of drug-likeness (QED) is 0.447. The average Bonchev–Trinajstić information content (AvgIpc) is 2.33. The highest BCUT2D eigenvalue weighted by Gasteiger charge is 2.26. The molecule has 0 bridgehead atoms. The molecular formula is C10H14. The van der Waals surface area contributed by atoms with E-state index in [0.717, 1.165) is 11.8 Å². The average molecular weight is 134 g/mol. The normalized spacial score (nSPS) is 38.2. The molecule has 0 aromatic carbocycles. The van der Waals surface area contributed by atoms with E-state index < -0.39 is 0 Å². The van der Waals surface area contributed by atoms with Crippen molar-refractivity contribution >= 4 is 0 Å². The molecule has 2 aliphatic rings. The smallest absolute Gasteiger partial charge is 0.0196 e. The van der Waals surface area contributed by atoms with Crippen LogP contribution in [0.15, 0.2) is 24.3 Å². The van der Waals surface area contributed by atoms with E-state index in [1.165, 1.54) is 31.3 Å². The summed E-state index contributed by atoms with van der Waals surface area (Å²) in [6, 6.07) is 0. The summed E-state index contributed by atoms with van der Waals surface area (Å²) < 4.78 is 0. The van der Waals surface area contributed by atoms with Gasteiger partial charge < -0.3 is 0 Å². The third-order valence-corrected chi connectivity index (χ3v) is 2.81. The molecule has 1 fully saturated rings. The van der Waals surface area contributed by atoms with Crippen molar-refractivity contribution in [1.29, 1.82) is 0 Å². The Morgan fingerprint density at radius 3 is 3.30 bits per heavy atom. The molecule has 0 heterocycles. The summed E-state index contributed by atoms with van der Waals surface area (Å²) in [4.78, 5) is 0. The topological polar surface area (TPSA) is 0 Å². The maximum atomic E-state index is 4.05. The molecule has 0 aromatic rings. The second kappa shape index (κ2) is 2.26. The highest BCUT2D eigenvalue weighted by Crippen LogP contribution is 2.39. The van der Waals surface area contributed by atoms with Crippen LogP contribution in [0.1, 0.15) is 25.7 Å². The standard InChI is InChI=1S/C10H14/c1-8-5-6-9-3-2-4-10(9)7-8/h2-3,9-10H,1,4-7H2. The summed E-state index contributed by atoms with van der Waals surface area (Å²) in [5, 5.41) is 0. The zero-order valence-electron chi connectivity index (χ0n) is 6.34. The van der Waals surface area contributed by atoms with E-state index in [9.17, 15) is 0 Å². The molecule has 0 heteroatoms. The van der Waals surface area contributed by atoms with Gasteiger partial charge in [-0.25, -0.2) is 0 Å². The lowest BCUT2D eigenvalue weighted by Crippen LogP contribution is -2.14. The van der Waals surface area contributed by atoms with Crippen molar-refractivity contribution in [3.05, 3.63) is 24.3 Å². The summed E-state index contributed by atoms with van der Waals surface area (Å²) in [5.74, 6) is 1.84. The van der Waals surface area contributed by atoms with Crippen LogP contribution in [-0.2, 0) is 0 Å². The molecule has 2 atom stereocenters. The molecule has 2 aliphatic carbocycles. The van der Waals surface area contributed by atoms with Crippen LogP contribution in [0, 0.1) is 11.8 Å². The van der Waals surface area contributed by atoms with Crippen molar-refractivity contribution in [2.45, 2.75) is 25.7 Å². The van der Waals surface area contributed by atoms with Gasteiger partial charge in [0.15, 0.2) is 0 Å². The summed E-state index contributed by atoms with van der Waals surface area (Å²) >= 11 is 0. The van der Waals surface area contributed by atoms with Crippen LogP contribution < -0.4 is 0 Å². The minimum atomic E-state index is 0.908. The third-order valence-electron chi connectivity index (χ3n) is 2.81. The zero-order valence-corrected chi connectivity index (χ0v) is 6.34. The van der Waals surface area contributed by atoms with Crippen molar-refractivity contribution < 1.29 is 0 Å². The first-order valence-corrected chi connectivity index (χ1v) is 4.19. The molecule has 0 N–H and O–H groups in total. The van der Waals surface area contributed by atoms with Gasteiger partial charge in [0, 0.05) is 0 Å². The first-order valence-electron chi connectivity index (χ1n) is 4.19. The van der Waals surface area contributed by atoms with Gasteiger partial charge in [-0.3, -0.25) is 0 Å². The Balaban J connectivity index is 2.07. The molecule has 1 saturated carbocycles. The summed E-state index contributed by atoms with van der Waals surface area (Å²) in [7, 11) is 0.